The summed E-state index contributed by atoms with van der Waals surface area (Å²) >= 11 is 0. The molecule has 0 unspecified atom stereocenters. The van der Waals surface area contributed by atoms with E-state index in [-0.39, 0.29) is 17.7 Å². The maximum Gasteiger partial charge on any atom is 0.337 e. The number of rotatable bonds is 4. The van der Waals surface area contributed by atoms with Crippen molar-refractivity contribution in [3.8, 4) is 45.6 Å². The van der Waals surface area contributed by atoms with Crippen molar-refractivity contribution in [3.63, 3.8) is 0 Å². The van der Waals surface area contributed by atoms with Crippen molar-refractivity contribution >= 4 is 39.7 Å². The number of aromatic nitrogens is 2. The molecule has 0 saturated heterocycles. The summed E-state index contributed by atoms with van der Waals surface area (Å²) in [6.07, 6.45) is 1.83. The smallest absolute Gasteiger partial charge is 0.337 e. The third kappa shape index (κ3) is 4.80. The fraction of sp³-hybridized carbons (Fsp3) is 0.186. The lowest BCUT2D eigenvalue weighted by Gasteiger charge is -2.35. The van der Waals surface area contributed by atoms with Crippen LogP contribution >= 0.6 is 0 Å². The molecule has 49 heavy (non-hydrogen) atoms. The van der Waals surface area contributed by atoms with Crippen molar-refractivity contribution in [1.82, 2.24) is 9.46 Å². The van der Waals surface area contributed by atoms with E-state index >= 15 is 0 Å². The van der Waals surface area contributed by atoms with Crippen LogP contribution in [0.4, 0.5) is 0 Å². The van der Waals surface area contributed by atoms with Gasteiger partial charge in [0.2, 0.25) is 0 Å². The molecule has 5 aromatic carbocycles. The SMILES string of the molecule is CC(C)(C)c1ccc2c(c1)Oc1cc(C(C)(C)C)cc3c1B2n1c2ncc(Oc4ccccc4)cc2c2cc(Oc4ccccc4)cc-3c21. The number of ether oxygens (including phenoxy) is 3. The quantitative estimate of drug-likeness (QED) is 0.180. The second kappa shape index (κ2) is 10.5. The van der Waals surface area contributed by atoms with Crippen molar-refractivity contribution < 1.29 is 14.2 Å². The predicted octanol–water partition coefficient (Wildman–Crippen LogP) is 10.1. The second-order valence-electron chi connectivity index (χ2n) is 15.3. The summed E-state index contributed by atoms with van der Waals surface area (Å²) in [5.41, 5.74) is 8.92. The van der Waals surface area contributed by atoms with Crippen LogP contribution in [-0.4, -0.2) is 16.3 Å². The summed E-state index contributed by atoms with van der Waals surface area (Å²) in [6.45, 7) is 13.4. The summed E-state index contributed by atoms with van der Waals surface area (Å²) in [7, 11) is 0. The van der Waals surface area contributed by atoms with Crippen LogP contribution in [-0.2, 0) is 10.8 Å². The Morgan fingerprint density at radius 3 is 1.90 bits per heavy atom. The molecule has 0 aliphatic carbocycles. The zero-order chi connectivity index (χ0) is 33.7. The first-order valence-corrected chi connectivity index (χ1v) is 17.0. The Labute approximate surface area is 287 Å². The molecule has 240 valence electrons. The lowest BCUT2D eigenvalue weighted by Crippen LogP contribution is -2.54. The molecule has 0 bridgehead atoms. The monoisotopic (exact) mass is 640 g/mol. The Bertz CT molecular complexity index is 2440. The first-order chi connectivity index (χ1) is 23.5. The van der Waals surface area contributed by atoms with Crippen LogP contribution in [0.3, 0.4) is 0 Å². The molecule has 2 aliphatic rings. The number of nitrogens with zero attached hydrogens (tertiary/aromatic N) is 2. The van der Waals surface area contributed by atoms with Crippen molar-refractivity contribution in [3.05, 3.63) is 127 Å². The molecule has 2 aromatic heterocycles. The Morgan fingerprint density at radius 2 is 1.22 bits per heavy atom. The molecule has 0 fully saturated rings. The minimum absolute atomic E-state index is 0.0183. The second-order valence-corrected chi connectivity index (χ2v) is 15.3. The number of hydrogen-bond acceptors (Lipinski definition) is 4. The third-order valence-corrected chi connectivity index (χ3v) is 9.87. The predicted molar refractivity (Wildman–Crippen MR) is 200 cm³/mol. The van der Waals surface area contributed by atoms with E-state index in [4.69, 9.17) is 19.2 Å². The van der Waals surface area contributed by atoms with Gasteiger partial charge >= 0.3 is 6.85 Å². The number of fused-ring (bicyclic) bond motifs is 7. The van der Waals surface area contributed by atoms with Crippen molar-refractivity contribution in [2.24, 2.45) is 0 Å². The van der Waals surface area contributed by atoms with E-state index in [1.54, 1.807) is 0 Å². The van der Waals surface area contributed by atoms with Crippen molar-refractivity contribution in [2.75, 3.05) is 0 Å². The van der Waals surface area contributed by atoms with Gasteiger partial charge in [-0.25, -0.2) is 4.98 Å². The van der Waals surface area contributed by atoms with Crippen LogP contribution in [0.25, 0.3) is 33.1 Å². The van der Waals surface area contributed by atoms with Gasteiger partial charge < -0.3 is 18.7 Å². The van der Waals surface area contributed by atoms with E-state index in [9.17, 15) is 0 Å². The van der Waals surface area contributed by atoms with Gasteiger partial charge in [0.15, 0.2) is 0 Å². The van der Waals surface area contributed by atoms with E-state index in [0.717, 1.165) is 72.7 Å². The molecular weight excluding hydrogens is 603 g/mol. The van der Waals surface area contributed by atoms with E-state index < -0.39 is 0 Å². The number of pyridine rings is 1. The van der Waals surface area contributed by atoms with E-state index in [0.29, 0.717) is 5.75 Å². The topological polar surface area (TPSA) is 45.5 Å². The average molecular weight is 641 g/mol. The molecule has 2 aliphatic heterocycles. The Morgan fingerprint density at radius 1 is 0.592 bits per heavy atom. The van der Waals surface area contributed by atoms with Gasteiger partial charge in [-0.05, 0) is 87.6 Å². The van der Waals surface area contributed by atoms with Gasteiger partial charge in [0.25, 0.3) is 0 Å². The minimum atomic E-state index is -0.126. The van der Waals surface area contributed by atoms with Crippen LogP contribution < -0.4 is 25.1 Å². The summed E-state index contributed by atoms with van der Waals surface area (Å²) in [4.78, 5) is 5.14. The first-order valence-electron chi connectivity index (χ1n) is 17.0. The highest BCUT2D eigenvalue weighted by Crippen LogP contribution is 2.47. The molecule has 9 rings (SSSR count). The highest BCUT2D eigenvalue weighted by Gasteiger charge is 2.43. The largest absolute Gasteiger partial charge is 0.458 e. The van der Waals surface area contributed by atoms with Crippen LogP contribution in [0.15, 0.2) is 115 Å². The van der Waals surface area contributed by atoms with Gasteiger partial charge in [-0.3, -0.25) is 0 Å². The Hall–Kier alpha value is -5.49. The normalized spacial score (nSPS) is 13.2. The van der Waals surface area contributed by atoms with E-state index in [1.807, 2.05) is 66.9 Å². The lowest BCUT2D eigenvalue weighted by atomic mass is 9.46. The molecule has 7 aromatic rings. The van der Waals surface area contributed by atoms with E-state index in [2.05, 4.69) is 94.6 Å². The van der Waals surface area contributed by atoms with Crippen molar-refractivity contribution in [2.45, 2.75) is 52.4 Å². The van der Waals surface area contributed by atoms with E-state index in [1.165, 1.54) is 11.1 Å². The van der Waals surface area contributed by atoms with Crippen LogP contribution in [0, 0.1) is 0 Å². The van der Waals surface area contributed by atoms with Crippen LogP contribution in [0.1, 0.15) is 52.7 Å². The Balaban J connectivity index is 1.36. The maximum atomic E-state index is 6.92. The zero-order valence-corrected chi connectivity index (χ0v) is 28.7. The third-order valence-electron chi connectivity index (χ3n) is 9.87. The zero-order valence-electron chi connectivity index (χ0n) is 28.7. The summed E-state index contributed by atoms with van der Waals surface area (Å²) in [5.74, 6) is 4.80. The van der Waals surface area contributed by atoms with Gasteiger partial charge in [0.05, 0.1) is 6.20 Å². The number of para-hydroxylation sites is 2. The Kier molecular flexibility index (Phi) is 6.35. The molecule has 5 nitrogen and oxygen atoms in total. The van der Waals surface area contributed by atoms with Gasteiger partial charge in [0.1, 0.15) is 40.1 Å². The van der Waals surface area contributed by atoms with Crippen LogP contribution in [0.5, 0.6) is 34.5 Å². The highest BCUT2D eigenvalue weighted by atomic mass is 16.5. The molecule has 0 saturated carbocycles. The molecule has 6 heteroatoms. The standard InChI is InChI=1S/C43H37BN2O3/c1-42(2,3)26-17-18-36-37(20-26)49-38-21-27(43(4,5)6)19-32-33-22-30(47-28-13-9-7-10-14-28)23-34-35-24-31(48-29-15-11-8-12-16-29)25-45-41(35)46(40(33)34)44(36)39(32)38/h7-25H,1-6H3. The molecule has 0 amide bonds. The molecule has 0 spiro atoms. The maximum absolute atomic E-state index is 6.92. The lowest BCUT2D eigenvalue weighted by molar-refractivity contribution is 0.478. The fourth-order valence-electron chi connectivity index (χ4n) is 7.33. The number of benzene rings is 5. The molecule has 4 heterocycles. The van der Waals surface area contributed by atoms with Crippen LogP contribution in [0.2, 0.25) is 0 Å². The molecule has 0 N–H and O–H groups in total. The molecule has 0 radical (unpaired) electrons. The average Bonchev–Trinajstić information content (AvgIpc) is 3.39. The first kappa shape index (κ1) is 29.6. The highest BCUT2D eigenvalue weighted by molar-refractivity contribution is 6.88. The molecular formula is C43H37BN2O3. The number of hydrogen-bond donors (Lipinski definition) is 0. The van der Waals surface area contributed by atoms with Crippen molar-refractivity contribution in [1.29, 1.82) is 0 Å². The minimum Gasteiger partial charge on any atom is -0.458 e. The van der Waals surface area contributed by atoms with Gasteiger partial charge in [-0.1, -0.05) is 96.1 Å². The summed E-state index contributed by atoms with van der Waals surface area (Å²) in [6, 6.07) is 37.6. The van der Waals surface area contributed by atoms with Gasteiger partial charge in [-0.15, -0.1) is 0 Å². The van der Waals surface area contributed by atoms with Gasteiger partial charge in [-0.2, -0.15) is 0 Å². The summed E-state index contributed by atoms with van der Waals surface area (Å²) in [5, 5.41) is 2.07. The molecule has 0 atom stereocenters. The van der Waals surface area contributed by atoms with Gasteiger partial charge in [0, 0.05) is 27.3 Å². The fourth-order valence-corrected chi connectivity index (χ4v) is 7.33. The summed E-state index contributed by atoms with van der Waals surface area (Å²) < 4.78 is 22.2.